The second-order valence-electron chi connectivity index (χ2n) is 2.80. The van der Waals surface area contributed by atoms with Crippen molar-refractivity contribution < 1.29 is 15.0 Å². The summed E-state index contributed by atoms with van der Waals surface area (Å²) in [5.74, 6) is 0. The third-order valence-corrected chi connectivity index (χ3v) is 2.01. The van der Waals surface area contributed by atoms with Crippen LogP contribution in [0.2, 0.25) is 0 Å². The molecule has 1 rings (SSSR count). The number of hydrogen-bond donors (Lipinski definition) is 2. The highest BCUT2D eigenvalue weighted by Crippen LogP contribution is 2.17. The Morgan fingerprint density at radius 2 is 2.42 bits per heavy atom. The van der Waals surface area contributed by atoms with Crippen molar-refractivity contribution in [2.45, 2.75) is 18.9 Å². The fraction of sp³-hybridized carbons (Fsp3) is 0.625. The first-order chi connectivity index (χ1) is 5.75. The summed E-state index contributed by atoms with van der Waals surface area (Å²) in [6, 6.07) is -0.0327. The lowest BCUT2D eigenvalue weighted by Crippen LogP contribution is -2.32. The lowest BCUT2D eigenvalue weighted by atomic mass is 10.2. The normalized spacial score (nSPS) is 23.8. The molecule has 1 amide bonds. The third kappa shape index (κ3) is 1.98. The second-order valence-corrected chi connectivity index (χ2v) is 2.80. The average molecular weight is 171 g/mol. The standard InChI is InChI=1S/C8H13NO3/c10-6-2-4-7-3-1-5-9(7)8(11)12/h2,4,7,10H,1,3,5-6H2,(H,11,12)/b4-2+/t7-/m0/s1. The van der Waals surface area contributed by atoms with Crippen LogP contribution in [-0.4, -0.2) is 40.4 Å². The van der Waals surface area contributed by atoms with E-state index >= 15 is 0 Å². The monoisotopic (exact) mass is 171 g/mol. The second kappa shape index (κ2) is 4.11. The Kier molecular flexibility index (Phi) is 3.10. The Bertz CT molecular complexity index is 191. The largest absolute Gasteiger partial charge is 0.465 e. The number of nitrogens with zero attached hydrogens (tertiary/aromatic N) is 1. The summed E-state index contributed by atoms with van der Waals surface area (Å²) in [5, 5.41) is 17.2. The summed E-state index contributed by atoms with van der Waals surface area (Å²) < 4.78 is 0. The Morgan fingerprint density at radius 1 is 1.67 bits per heavy atom. The highest BCUT2D eigenvalue weighted by molar-refractivity contribution is 5.66. The van der Waals surface area contributed by atoms with Crippen LogP contribution in [0.1, 0.15) is 12.8 Å². The van der Waals surface area contributed by atoms with E-state index in [4.69, 9.17) is 10.2 Å². The third-order valence-electron chi connectivity index (χ3n) is 2.01. The molecule has 12 heavy (non-hydrogen) atoms. The molecular weight excluding hydrogens is 158 g/mol. The quantitative estimate of drug-likeness (QED) is 0.600. The first kappa shape index (κ1) is 9.06. The topological polar surface area (TPSA) is 60.8 Å². The van der Waals surface area contributed by atoms with Crippen molar-refractivity contribution in [3.8, 4) is 0 Å². The van der Waals surface area contributed by atoms with Crippen LogP contribution < -0.4 is 0 Å². The van der Waals surface area contributed by atoms with E-state index < -0.39 is 6.09 Å². The zero-order valence-corrected chi connectivity index (χ0v) is 6.81. The van der Waals surface area contributed by atoms with E-state index in [1.807, 2.05) is 0 Å². The minimum atomic E-state index is -0.875. The first-order valence-electron chi connectivity index (χ1n) is 4.03. The molecule has 1 aliphatic rings. The predicted molar refractivity (Wildman–Crippen MR) is 44.0 cm³/mol. The maximum absolute atomic E-state index is 10.6. The lowest BCUT2D eigenvalue weighted by molar-refractivity contribution is 0.147. The number of aliphatic hydroxyl groups is 1. The van der Waals surface area contributed by atoms with Gasteiger partial charge in [0.05, 0.1) is 12.6 Å². The van der Waals surface area contributed by atoms with Crippen LogP contribution in [0.4, 0.5) is 4.79 Å². The van der Waals surface area contributed by atoms with E-state index in [9.17, 15) is 4.79 Å². The molecule has 68 valence electrons. The van der Waals surface area contributed by atoms with Crippen molar-refractivity contribution in [1.82, 2.24) is 4.90 Å². The molecule has 0 aliphatic carbocycles. The molecule has 0 radical (unpaired) electrons. The van der Waals surface area contributed by atoms with Crippen LogP contribution in [0, 0.1) is 0 Å². The van der Waals surface area contributed by atoms with Gasteiger partial charge in [-0.1, -0.05) is 12.2 Å². The zero-order chi connectivity index (χ0) is 8.97. The van der Waals surface area contributed by atoms with Gasteiger partial charge in [-0.05, 0) is 12.8 Å². The molecule has 1 aliphatic heterocycles. The number of aliphatic hydroxyl groups excluding tert-OH is 1. The minimum Gasteiger partial charge on any atom is -0.465 e. The summed E-state index contributed by atoms with van der Waals surface area (Å²) in [6.45, 7) is 0.583. The number of likely N-dealkylation sites (tertiary alicyclic amines) is 1. The van der Waals surface area contributed by atoms with Crippen molar-refractivity contribution in [2.24, 2.45) is 0 Å². The van der Waals surface area contributed by atoms with Crippen LogP contribution in [-0.2, 0) is 0 Å². The van der Waals surface area contributed by atoms with Crippen molar-refractivity contribution >= 4 is 6.09 Å². The van der Waals surface area contributed by atoms with Crippen molar-refractivity contribution in [2.75, 3.05) is 13.2 Å². The fourth-order valence-electron chi connectivity index (χ4n) is 1.45. The Balaban J connectivity index is 2.52. The Labute approximate surface area is 71.1 Å². The fourth-order valence-corrected chi connectivity index (χ4v) is 1.45. The summed E-state index contributed by atoms with van der Waals surface area (Å²) in [5.41, 5.74) is 0. The minimum absolute atomic E-state index is 0.0239. The average Bonchev–Trinajstić information content (AvgIpc) is 2.48. The number of hydrogen-bond acceptors (Lipinski definition) is 2. The Morgan fingerprint density at radius 3 is 3.00 bits per heavy atom. The first-order valence-corrected chi connectivity index (χ1v) is 4.03. The van der Waals surface area contributed by atoms with Crippen LogP contribution in [0.5, 0.6) is 0 Å². The van der Waals surface area contributed by atoms with E-state index in [0.717, 1.165) is 12.8 Å². The summed E-state index contributed by atoms with van der Waals surface area (Å²) >= 11 is 0. The van der Waals surface area contributed by atoms with Gasteiger partial charge >= 0.3 is 6.09 Å². The molecule has 1 atom stereocenters. The highest BCUT2D eigenvalue weighted by atomic mass is 16.4. The summed E-state index contributed by atoms with van der Waals surface area (Å²) in [6.07, 6.45) is 4.24. The van der Waals surface area contributed by atoms with Gasteiger partial charge in [-0.15, -0.1) is 0 Å². The summed E-state index contributed by atoms with van der Waals surface area (Å²) in [7, 11) is 0. The molecule has 1 heterocycles. The number of carbonyl (C=O) groups is 1. The molecule has 4 nitrogen and oxygen atoms in total. The molecule has 0 aromatic heterocycles. The van der Waals surface area contributed by atoms with Crippen LogP contribution in [0.25, 0.3) is 0 Å². The van der Waals surface area contributed by atoms with E-state index in [0.29, 0.717) is 6.54 Å². The maximum Gasteiger partial charge on any atom is 0.407 e. The van der Waals surface area contributed by atoms with Gasteiger partial charge in [0.15, 0.2) is 0 Å². The summed E-state index contributed by atoms with van der Waals surface area (Å²) in [4.78, 5) is 12.0. The molecule has 2 N–H and O–H groups in total. The molecule has 4 heteroatoms. The van der Waals surface area contributed by atoms with Crippen molar-refractivity contribution in [3.63, 3.8) is 0 Å². The number of rotatable bonds is 2. The number of amides is 1. The van der Waals surface area contributed by atoms with E-state index in [1.165, 1.54) is 4.90 Å². The predicted octanol–water partition coefficient (Wildman–Crippen LogP) is 0.677. The molecule has 1 fully saturated rings. The molecular formula is C8H13NO3. The number of carboxylic acid groups (broad SMARTS) is 1. The van der Waals surface area contributed by atoms with Gasteiger partial charge < -0.3 is 15.1 Å². The van der Waals surface area contributed by atoms with Gasteiger partial charge in [0.2, 0.25) is 0 Å². The molecule has 0 spiro atoms. The SMILES string of the molecule is O=C(O)N1CCC[C@H]1/C=C/CO. The molecule has 0 aromatic rings. The van der Waals surface area contributed by atoms with E-state index in [-0.39, 0.29) is 12.6 Å². The lowest BCUT2D eigenvalue weighted by Gasteiger charge is -2.17. The molecule has 0 unspecified atom stereocenters. The van der Waals surface area contributed by atoms with Gasteiger partial charge in [-0.2, -0.15) is 0 Å². The molecule has 0 saturated carbocycles. The van der Waals surface area contributed by atoms with Gasteiger partial charge in [0, 0.05) is 6.54 Å². The zero-order valence-electron chi connectivity index (χ0n) is 6.81. The molecule has 1 saturated heterocycles. The van der Waals surface area contributed by atoms with Crippen LogP contribution >= 0.6 is 0 Å². The molecule has 0 aromatic carbocycles. The van der Waals surface area contributed by atoms with Gasteiger partial charge in [-0.3, -0.25) is 0 Å². The van der Waals surface area contributed by atoms with Gasteiger partial charge in [0.25, 0.3) is 0 Å². The van der Waals surface area contributed by atoms with Crippen molar-refractivity contribution in [3.05, 3.63) is 12.2 Å². The highest BCUT2D eigenvalue weighted by Gasteiger charge is 2.25. The van der Waals surface area contributed by atoms with Crippen LogP contribution in [0.15, 0.2) is 12.2 Å². The van der Waals surface area contributed by atoms with Gasteiger partial charge in [0.1, 0.15) is 0 Å². The Hall–Kier alpha value is -1.03. The molecule has 0 bridgehead atoms. The maximum atomic E-state index is 10.6. The van der Waals surface area contributed by atoms with Crippen LogP contribution in [0.3, 0.4) is 0 Å². The van der Waals surface area contributed by atoms with Crippen molar-refractivity contribution in [1.29, 1.82) is 0 Å². The smallest absolute Gasteiger partial charge is 0.407 e. The van der Waals surface area contributed by atoms with Gasteiger partial charge in [-0.25, -0.2) is 4.79 Å². The van der Waals surface area contributed by atoms with E-state index in [2.05, 4.69) is 0 Å². The van der Waals surface area contributed by atoms with E-state index in [1.54, 1.807) is 12.2 Å².